The Bertz CT molecular complexity index is 1190. The van der Waals surface area contributed by atoms with Crippen LogP contribution in [0.2, 0.25) is 0 Å². The van der Waals surface area contributed by atoms with E-state index in [2.05, 4.69) is 20.4 Å². The zero-order valence-electron chi connectivity index (χ0n) is 18.0. The van der Waals surface area contributed by atoms with Crippen molar-refractivity contribution in [2.75, 3.05) is 11.9 Å². The molecule has 0 amide bonds. The first-order chi connectivity index (χ1) is 14.9. The van der Waals surface area contributed by atoms with Gasteiger partial charge < -0.3 is 20.1 Å². The van der Waals surface area contributed by atoms with Gasteiger partial charge in [0.1, 0.15) is 17.1 Å². The van der Waals surface area contributed by atoms with Crippen molar-refractivity contribution < 1.29 is 14.6 Å². The van der Waals surface area contributed by atoms with Crippen molar-refractivity contribution in [3.63, 3.8) is 0 Å². The summed E-state index contributed by atoms with van der Waals surface area (Å²) < 4.78 is 7.37. The molecule has 4 rings (SSSR count). The summed E-state index contributed by atoms with van der Waals surface area (Å²) in [6.45, 7) is 6.16. The van der Waals surface area contributed by atoms with Crippen LogP contribution in [0.15, 0.2) is 23.0 Å². The van der Waals surface area contributed by atoms with Crippen molar-refractivity contribution >= 4 is 17.2 Å². The number of imidazole rings is 1. The van der Waals surface area contributed by atoms with Crippen molar-refractivity contribution in [1.29, 1.82) is 0 Å². The number of carboxylic acids is 1. The number of hydrogen-bond donors (Lipinski definition) is 3. The van der Waals surface area contributed by atoms with E-state index in [1.807, 2.05) is 13.8 Å². The minimum Gasteiger partial charge on any atom is -0.493 e. The van der Waals surface area contributed by atoms with E-state index in [1.54, 1.807) is 29.6 Å². The van der Waals surface area contributed by atoms with Gasteiger partial charge in [-0.05, 0) is 57.7 Å². The van der Waals surface area contributed by atoms with Gasteiger partial charge in [0, 0.05) is 12.1 Å². The number of anilines is 1. The number of rotatable bonds is 8. The van der Waals surface area contributed by atoms with Crippen LogP contribution in [0.5, 0.6) is 5.75 Å². The van der Waals surface area contributed by atoms with E-state index in [0.717, 1.165) is 18.7 Å². The maximum atomic E-state index is 12.8. The third kappa shape index (κ3) is 3.64. The average Bonchev–Trinajstić information content (AvgIpc) is 3.01. The topological polar surface area (TPSA) is 122 Å². The number of nitrogens with one attached hydrogen (secondary N) is 2. The Kier molecular flexibility index (Phi) is 5.43. The summed E-state index contributed by atoms with van der Waals surface area (Å²) in [6.07, 6.45) is 3.59. The Morgan fingerprint density at radius 2 is 2.13 bits per heavy atom. The summed E-state index contributed by atoms with van der Waals surface area (Å²) in [5.74, 6) is 0.772. The Balaban J connectivity index is 1.84. The summed E-state index contributed by atoms with van der Waals surface area (Å²) in [4.78, 5) is 32.0. The molecule has 2 heterocycles. The molecule has 0 saturated heterocycles. The minimum atomic E-state index is -0.953. The first-order valence-corrected chi connectivity index (χ1v) is 10.7. The third-order valence-electron chi connectivity index (χ3n) is 5.75. The molecule has 9 heteroatoms. The number of nitrogens with zero attached hydrogens (tertiary/aromatic N) is 3. The van der Waals surface area contributed by atoms with Crippen molar-refractivity contribution in [3.05, 3.63) is 40.1 Å². The van der Waals surface area contributed by atoms with Gasteiger partial charge in [-0.3, -0.25) is 4.79 Å². The molecule has 3 N–H and O–H groups in total. The fraction of sp³-hybridized carbons (Fsp3) is 0.455. The Morgan fingerprint density at radius 1 is 1.35 bits per heavy atom. The van der Waals surface area contributed by atoms with Crippen molar-refractivity contribution in [2.45, 2.75) is 58.4 Å². The SMILES string of the molecule is CCCc1nc(C)c2c(=O)[nH]c(-c3cc(NC4(C(=O)O)CCC4)ccc3OCC)nn12. The van der Waals surface area contributed by atoms with Crippen LogP contribution in [-0.2, 0) is 11.2 Å². The van der Waals surface area contributed by atoms with Crippen molar-refractivity contribution in [3.8, 4) is 17.1 Å². The van der Waals surface area contributed by atoms with Gasteiger partial charge in [-0.25, -0.2) is 14.3 Å². The predicted octanol–water partition coefficient (Wildman–Crippen LogP) is 3.16. The third-order valence-corrected chi connectivity index (χ3v) is 5.75. The number of carbonyl (C=O) groups is 1. The maximum absolute atomic E-state index is 12.8. The summed E-state index contributed by atoms with van der Waals surface area (Å²) in [6, 6.07) is 5.34. The van der Waals surface area contributed by atoms with Crippen LogP contribution < -0.4 is 15.6 Å². The van der Waals surface area contributed by atoms with Gasteiger partial charge in [0.05, 0.1) is 17.9 Å². The molecule has 3 aromatic rings. The van der Waals surface area contributed by atoms with Gasteiger partial charge in [0.25, 0.3) is 5.56 Å². The van der Waals surface area contributed by atoms with Crippen LogP contribution in [-0.4, -0.2) is 42.8 Å². The van der Waals surface area contributed by atoms with Crippen molar-refractivity contribution in [2.24, 2.45) is 0 Å². The molecule has 0 atom stereocenters. The monoisotopic (exact) mass is 425 g/mol. The number of aliphatic carboxylic acids is 1. The van der Waals surface area contributed by atoms with Gasteiger partial charge in [-0.15, -0.1) is 5.10 Å². The van der Waals surface area contributed by atoms with Gasteiger partial charge >= 0.3 is 5.97 Å². The lowest BCUT2D eigenvalue weighted by atomic mass is 9.76. The lowest BCUT2D eigenvalue weighted by molar-refractivity contribution is -0.145. The minimum absolute atomic E-state index is 0.279. The van der Waals surface area contributed by atoms with Crippen molar-refractivity contribution in [1.82, 2.24) is 19.6 Å². The number of aromatic nitrogens is 4. The first-order valence-electron chi connectivity index (χ1n) is 10.7. The molecule has 31 heavy (non-hydrogen) atoms. The highest BCUT2D eigenvalue weighted by molar-refractivity contribution is 5.84. The van der Waals surface area contributed by atoms with Crippen LogP contribution in [0.1, 0.15) is 51.0 Å². The average molecular weight is 425 g/mol. The van der Waals surface area contributed by atoms with Gasteiger partial charge in [-0.2, -0.15) is 0 Å². The second-order valence-corrected chi connectivity index (χ2v) is 7.94. The largest absolute Gasteiger partial charge is 0.493 e. The Morgan fingerprint density at radius 3 is 2.74 bits per heavy atom. The molecule has 0 spiro atoms. The van der Waals surface area contributed by atoms with E-state index in [4.69, 9.17) is 4.74 Å². The van der Waals surface area contributed by atoms with Gasteiger partial charge in [-0.1, -0.05) is 6.92 Å². The smallest absolute Gasteiger partial charge is 0.329 e. The summed E-state index contributed by atoms with van der Waals surface area (Å²) in [5, 5.41) is 17.5. The molecule has 164 valence electrons. The number of benzene rings is 1. The van der Waals surface area contributed by atoms with Gasteiger partial charge in [0.2, 0.25) is 0 Å². The molecule has 2 aromatic heterocycles. The number of hydrogen-bond acceptors (Lipinski definition) is 6. The van der Waals surface area contributed by atoms with Crippen LogP contribution in [0.3, 0.4) is 0 Å². The summed E-state index contributed by atoms with van der Waals surface area (Å²) in [5.41, 5.74) is 1.05. The number of carboxylic acid groups (broad SMARTS) is 1. The highest BCUT2D eigenvalue weighted by Gasteiger charge is 2.44. The first kappa shape index (κ1) is 20.9. The molecule has 1 fully saturated rings. The molecule has 1 aliphatic rings. The lowest BCUT2D eigenvalue weighted by Crippen LogP contribution is -2.52. The van der Waals surface area contributed by atoms with E-state index < -0.39 is 11.5 Å². The fourth-order valence-corrected chi connectivity index (χ4v) is 4.02. The highest BCUT2D eigenvalue weighted by Crippen LogP contribution is 2.38. The molecular formula is C22H27N5O4. The number of ether oxygens (including phenoxy) is 1. The normalized spacial score (nSPS) is 14.9. The molecule has 9 nitrogen and oxygen atoms in total. The highest BCUT2D eigenvalue weighted by atomic mass is 16.5. The van der Waals surface area contributed by atoms with Crippen LogP contribution in [0.4, 0.5) is 5.69 Å². The molecule has 0 aliphatic heterocycles. The molecule has 0 radical (unpaired) electrons. The van der Waals surface area contributed by atoms with E-state index in [1.165, 1.54) is 0 Å². The quantitative estimate of drug-likeness (QED) is 0.507. The maximum Gasteiger partial charge on any atom is 0.329 e. The summed E-state index contributed by atoms with van der Waals surface area (Å²) in [7, 11) is 0. The van der Waals surface area contributed by atoms with Crippen LogP contribution >= 0.6 is 0 Å². The zero-order valence-corrected chi connectivity index (χ0v) is 18.0. The number of H-pyrrole nitrogens is 1. The standard InChI is InChI=1S/C22H27N5O4/c1-4-7-17-23-13(3)18-20(28)24-19(26-27(17)18)15-12-14(8-9-16(15)31-5-2)25-22(21(29)30)10-6-11-22/h8-9,12,25H,4-7,10-11H2,1-3H3,(H,29,30)(H,24,26,28). The molecule has 1 saturated carbocycles. The summed E-state index contributed by atoms with van der Waals surface area (Å²) >= 11 is 0. The second kappa shape index (κ2) is 8.05. The molecular weight excluding hydrogens is 398 g/mol. The number of fused-ring (bicyclic) bond motifs is 1. The molecule has 1 aromatic carbocycles. The molecule has 0 bridgehead atoms. The zero-order chi connectivity index (χ0) is 22.2. The fourth-order valence-electron chi connectivity index (χ4n) is 4.02. The second-order valence-electron chi connectivity index (χ2n) is 7.94. The van der Waals surface area contributed by atoms with Crippen LogP contribution in [0.25, 0.3) is 16.9 Å². The number of aromatic amines is 1. The van der Waals surface area contributed by atoms with E-state index in [9.17, 15) is 14.7 Å². The van der Waals surface area contributed by atoms with Gasteiger partial charge in [0.15, 0.2) is 11.3 Å². The number of aryl methyl sites for hydroxylation is 2. The lowest BCUT2D eigenvalue weighted by Gasteiger charge is -2.39. The molecule has 0 unspecified atom stereocenters. The van der Waals surface area contributed by atoms with Crippen LogP contribution in [0, 0.1) is 6.92 Å². The predicted molar refractivity (Wildman–Crippen MR) is 117 cm³/mol. The van der Waals surface area contributed by atoms with E-state index in [0.29, 0.717) is 59.9 Å². The van der Waals surface area contributed by atoms with E-state index >= 15 is 0 Å². The molecule has 1 aliphatic carbocycles. The Hall–Kier alpha value is -3.36. The van der Waals surface area contributed by atoms with E-state index in [-0.39, 0.29) is 5.56 Å². The Labute approximate surface area is 179 Å².